The van der Waals surface area contributed by atoms with Gasteiger partial charge in [0.05, 0.1) is 22.7 Å². The Hall–Kier alpha value is -2.88. The Morgan fingerprint density at radius 2 is 1.95 bits per heavy atom. The van der Waals surface area contributed by atoms with Gasteiger partial charge >= 0.3 is 0 Å². The third kappa shape index (κ3) is 1.30. The zero-order valence-electron chi connectivity index (χ0n) is 10.5. The highest BCUT2D eigenvalue weighted by atomic mass is 16.3. The average molecular weight is 263 g/mol. The molecular weight excluding hydrogens is 252 g/mol. The molecule has 0 radical (unpaired) electrons. The monoisotopic (exact) mass is 263 g/mol. The Morgan fingerprint density at radius 1 is 1.10 bits per heavy atom. The first-order valence-corrected chi connectivity index (χ1v) is 6.28. The number of benzene rings is 2. The summed E-state index contributed by atoms with van der Waals surface area (Å²) in [4.78, 5) is 7.66. The van der Waals surface area contributed by atoms with Crippen molar-refractivity contribution in [2.24, 2.45) is 0 Å². The highest BCUT2D eigenvalue weighted by Crippen LogP contribution is 2.30. The molecule has 0 atom stereocenters. The van der Waals surface area contributed by atoms with Crippen molar-refractivity contribution in [1.82, 2.24) is 4.98 Å². The Kier molecular flexibility index (Phi) is 2.09. The minimum absolute atomic E-state index is 0.0977. The van der Waals surface area contributed by atoms with Crippen molar-refractivity contribution >= 4 is 39.0 Å². The molecule has 0 amide bonds. The van der Waals surface area contributed by atoms with Crippen LogP contribution in [0.15, 0.2) is 42.6 Å². The molecule has 2 aromatic heterocycles. The van der Waals surface area contributed by atoms with Gasteiger partial charge in [-0.15, -0.1) is 0 Å². The van der Waals surface area contributed by atoms with Gasteiger partial charge in [0.25, 0.3) is 5.52 Å². The number of H-pyrrole nitrogens is 1. The summed E-state index contributed by atoms with van der Waals surface area (Å²) in [5.74, 6) is 0.0977. The van der Waals surface area contributed by atoms with Crippen molar-refractivity contribution in [3.05, 3.63) is 47.8 Å². The molecule has 0 aliphatic heterocycles. The number of aliphatic hydroxyl groups excluding tert-OH is 1. The normalized spacial score (nSPS) is 12.7. The number of nitrogens with one attached hydrogen (secondary N) is 1. The fourth-order valence-electron chi connectivity index (χ4n) is 2.74. The molecule has 4 nitrogen and oxygen atoms in total. The second-order valence-electron chi connectivity index (χ2n) is 4.73. The number of hydrogen-bond acceptors (Lipinski definition) is 3. The number of para-hydroxylation sites is 1. The number of aromatic nitrogens is 2. The number of rotatable bonds is 0. The van der Waals surface area contributed by atoms with Crippen molar-refractivity contribution in [2.45, 2.75) is 0 Å². The molecule has 4 aromatic rings. The van der Waals surface area contributed by atoms with Gasteiger partial charge in [-0.3, -0.25) is 0 Å². The number of aliphatic hydroxyl groups is 1. The molecule has 0 unspecified atom stereocenters. The first-order chi connectivity index (χ1) is 9.79. The van der Waals surface area contributed by atoms with E-state index in [0.29, 0.717) is 16.3 Å². The van der Waals surface area contributed by atoms with Crippen LogP contribution in [-0.4, -0.2) is 15.2 Å². The summed E-state index contributed by atoms with van der Waals surface area (Å²) in [7, 11) is 0. The van der Waals surface area contributed by atoms with Gasteiger partial charge in [-0.2, -0.15) is 0 Å². The van der Waals surface area contributed by atoms with E-state index in [-0.39, 0.29) is 5.75 Å². The van der Waals surface area contributed by atoms with Gasteiger partial charge in [0, 0.05) is 22.1 Å². The van der Waals surface area contributed by atoms with Crippen LogP contribution >= 0.6 is 0 Å². The number of nitrogens with zero attached hydrogens (tertiary/aromatic N) is 1. The number of phenols is 1. The van der Waals surface area contributed by atoms with Crippen LogP contribution in [0.25, 0.3) is 39.0 Å². The van der Waals surface area contributed by atoms with E-state index < -0.39 is 0 Å². The SMILES string of the molecule is OC=c1cc(O)c2[nH+]ccc3c4ccccc4nc1c23. The van der Waals surface area contributed by atoms with E-state index in [1.165, 1.54) is 6.07 Å². The maximum absolute atomic E-state index is 10.1. The molecule has 0 aliphatic carbocycles. The summed E-state index contributed by atoms with van der Waals surface area (Å²) in [6.45, 7) is 0. The fraction of sp³-hybridized carbons (Fsp3) is 0. The molecule has 0 saturated heterocycles. The van der Waals surface area contributed by atoms with Gasteiger partial charge < -0.3 is 10.2 Å². The number of hydrogen-bond donors (Lipinski definition) is 2. The minimum Gasteiger partial charge on any atom is -0.515 e. The van der Waals surface area contributed by atoms with Gasteiger partial charge in [-0.05, 0) is 12.1 Å². The Labute approximate surface area is 113 Å². The van der Waals surface area contributed by atoms with Crippen LogP contribution in [0.2, 0.25) is 0 Å². The minimum atomic E-state index is 0.0977. The Balaban J connectivity index is 2.47. The molecule has 3 N–H and O–H groups in total. The second-order valence-corrected chi connectivity index (χ2v) is 4.73. The zero-order valence-corrected chi connectivity index (χ0v) is 10.5. The van der Waals surface area contributed by atoms with E-state index in [1.54, 1.807) is 6.20 Å². The largest absolute Gasteiger partial charge is 0.515 e. The van der Waals surface area contributed by atoms with Gasteiger partial charge in [0.1, 0.15) is 0 Å². The Morgan fingerprint density at radius 3 is 2.80 bits per heavy atom. The van der Waals surface area contributed by atoms with Gasteiger partial charge in [-0.1, -0.05) is 18.2 Å². The molecule has 2 heterocycles. The molecule has 2 aromatic carbocycles. The first-order valence-electron chi connectivity index (χ1n) is 6.28. The van der Waals surface area contributed by atoms with Crippen LogP contribution in [0.1, 0.15) is 0 Å². The summed E-state index contributed by atoms with van der Waals surface area (Å²) < 4.78 is 0. The molecule has 0 bridgehead atoms. The summed E-state index contributed by atoms with van der Waals surface area (Å²) in [5, 5.41) is 22.8. The number of aromatic hydroxyl groups is 1. The van der Waals surface area contributed by atoms with E-state index in [9.17, 15) is 10.2 Å². The lowest BCUT2D eigenvalue weighted by Crippen LogP contribution is -2.11. The second kappa shape index (κ2) is 3.81. The van der Waals surface area contributed by atoms with E-state index in [2.05, 4.69) is 9.97 Å². The average Bonchev–Trinajstić information content (AvgIpc) is 2.50. The van der Waals surface area contributed by atoms with Gasteiger partial charge in [0.2, 0.25) is 0 Å². The summed E-state index contributed by atoms with van der Waals surface area (Å²) in [5.41, 5.74) is 2.16. The van der Waals surface area contributed by atoms with Gasteiger partial charge in [-0.25, -0.2) is 9.97 Å². The van der Waals surface area contributed by atoms with Crippen LogP contribution in [0, 0.1) is 0 Å². The number of fused-ring (bicyclic) bond motifs is 2. The highest BCUT2D eigenvalue weighted by Gasteiger charge is 2.16. The summed E-state index contributed by atoms with van der Waals surface area (Å²) in [6.07, 6.45) is 2.77. The van der Waals surface area contributed by atoms with Crippen molar-refractivity contribution in [3.8, 4) is 5.75 Å². The van der Waals surface area contributed by atoms with Crippen LogP contribution in [-0.2, 0) is 0 Å². The molecule has 0 spiro atoms. The molecule has 4 heteroatoms. The lowest BCUT2D eigenvalue weighted by atomic mass is 10.0. The quantitative estimate of drug-likeness (QED) is 0.377. The van der Waals surface area contributed by atoms with Crippen molar-refractivity contribution in [3.63, 3.8) is 0 Å². The maximum Gasteiger partial charge on any atom is 0.255 e. The molecule has 0 fully saturated rings. The van der Waals surface area contributed by atoms with Crippen molar-refractivity contribution < 1.29 is 15.2 Å². The lowest BCUT2D eigenvalue weighted by molar-refractivity contribution is -0.345. The first kappa shape index (κ1) is 11.0. The summed E-state index contributed by atoms with van der Waals surface area (Å²) in [6, 6.07) is 11.3. The molecule has 20 heavy (non-hydrogen) atoms. The molecule has 96 valence electrons. The van der Waals surface area contributed by atoms with Crippen LogP contribution in [0.5, 0.6) is 5.75 Å². The molecule has 0 saturated carbocycles. The summed E-state index contributed by atoms with van der Waals surface area (Å²) >= 11 is 0. The van der Waals surface area contributed by atoms with E-state index in [4.69, 9.17) is 0 Å². The number of phenolic OH excluding ortho intramolecular Hbond substituents is 1. The third-order valence-corrected chi connectivity index (χ3v) is 3.62. The third-order valence-electron chi connectivity index (χ3n) is 3.62. The predicted octanol–water partition coefficient (Wildman–Crippen LogP) is 2.08. The van der Waals surface area contributed by atoms with Crippen molar-refractivity contribution in [1.29, 1.82) is 0 Å². The number of pyridine rings is 2. The number of aromatic amines is 1. The highest BCUT2D eigenvalue weighted by molar-refractivity contribution is 6.17. The van der Waals surface area contributed by atoms with E-state index in [1.807, 2.05) is 30.3 Å². The topological polar surface area (TPSA) is 67.5 Å². The van der Waals surface area contributed by atoms with Crippen LogP contribution < -0.4 is 10.2 Å². The molecular formula is C16H11N2O2+. The lowest BCUT2D eigenvalue weighted by Gasteiger charge is -2.06. The zero-order chi connectivity index (χ0) is 13.7. The maximum atomic E-state index is 10.1. The smallest absolute Gasteiger partial charge is 0.255 e. The van der Waals surface area contributed by atoms with Gasteiger partial charge in [0.15, 0.2) is 11.9 Å². The van der Waals surface area contributed by atoms with E-state index >= 15 is 0 Å². The van der Waals surface area contributed by atoms with Crippen LogP contribution in [0.4, 0.5) is 0 Å². The molecule has 4 rings (SSSR count). The van der Waals surface area contributed by atoms with E-state index in [0.717, 1.165) is 27.9 Å². The fourth-order valence-corrected chi connectivity index (χ4v) is 2.74. The molecule has 0 aliphatic rings. The standard InChI is InChI=1S/C16H10N2O2/c19-8-9-7-13(20)16-14-11(5-6-17-16)10-3-1-2-4-12(10)18-15(9)14/h1-8,19-20H/p+1. The predicted molar refractivity (Wildman–Crippen MR) is 77.3 cm³/mol. The van der Waals surface area contributed by atoms with Crippen molar-refractivity contribution in [2.75, 3.05) is 0 Å². The van der Waals surface area contributed by atoms with Crippen LogP contribution in [0.3, 0.4) is 0 Å². The Bertz CT molecular complexity index is 1030.